The number of hydrogen-bond acceptors (Lipinski definition) is 1. The maximum absolute atomic E-state index is 4.38. The molecule has 34 heavy (non-hydrogen) atoms. The molecule has 2 aromatic rings. The van der Waals surface area contributed by atoms with Gasteiger partial charge in [-0.3, -0.25) is 0 Å². The summed E-state index contributed by atoms with van der Waals surface area (Å²) in [6, 6.07) is 11.7. The van der Waals surface area contributed by atoms with Crippen molar-refractivity contribution in [3.63, 3.8) is 0 Å². The number of hydrogen-bond donors (Lipinski definition) is 0. The topological polar surface area (TPSA) is 17.8 Å². The van der Waals surface area contributed by atoms with Gasteiger partial charge in [0, 0.05) is 18.4 Å². The summed E-state index contributed by atoms with van der Waals surface area (Å²) < 4.78 is 2.40. The summed E-state index contributed by atoms with van der Waals surface area (Å²) in [5.41, 5.74) is 1.49. The highest BCUT2D eigenvalue weighted by Gasteiger charge is 2.22. The van der Waals surface area contributed by atoms with E-state index in [1.165, 1.54) is 128 Å². The summed E-state index contributed by atoms with van der Waals surface area (Å²) in [4.78, 5) is 4.38. The predicted octanol–water partition coefficient (Wildman–Crippen LogP) is 10.3. The van der Waals surface area contributed by atoms with Crippen molar-refractivity contribution in [2.75, 3.05) is 0 Å². The van der Waals surface area contributed by atoms with Crippen molar-refractivity contribution in [2.45, 2.75) is 142 Å². The molecule has 1 heterocycles. The van der Waals surface area contributed by atoms with E-state index in [4.69, 9.17) is 0 Å². The number of nitrogens with zero attached hydrogens (tertiary/aromatic N) is 2. The van der Waals surface area contributed by atoms with Crippen LogP contribution in [0.1, 0.15) is 141 Å². The van der Waals surface area contributed by atoms with E-state index < -0.39 is 0 Å². The first-order valence-electron chi connectivity index (χ1n) is 14.9. The van der Waals surface area contributed by atoms with Gasteiger partial charge in [0.2, 0.25) is 0 Å². The fourth-order valence-electron chi connectivity index (χ4n) is 5.46. The van der Waals surface area contributed by atoms with Crippen molar-refractivity contribution in [3.05, 3.63) is 54.6 Å². The number of rotatable bonds is 22. The van der Waals surface area contributed by atoms with Crippen LogP contribution in [0.25, 0.3) is 0 Å². The molecule has 192 valence electrons. The quantitative estimate of drug-likeness (QED) is 0.158. The smallest absolute Gasteiger partial charge is 0.0948 e. The van der Waals surface area contributed by atoms with E-state index in [0.717, 1.165) is 0 Å². The Morgan fingerprint density at radius 2 is 1.21 bits per heavy atom. The molecule has 0 aliphatic rings. The Kier molecular flexibility index (Phi) is 16.6. The van der Waals surface area contributed by atoms with Gasteiger partial charge in [-0.15, -0.1) is 0 Å². The van der Waals surface area contributed by atoms with E-state index in [1.807, 2.05) is 12.5 Å². The summed E-state index contributed by atoms with van der Waals surface area (Å²) in [5, 5.41) is 0. The van der Waals surface area contributed by atoms with Crippen molar-refractivity contribution in [3.8, 4) is 0 Å². The third kappa shape index (κ3) is 12.8. The van der Waals surface area contributed by atoms with Gasteiger partial charge in [-0.05, 0) is 30.7 Å². The molecule has 0 saturated carbocycles. The van der Waals surface area contributed by atoms with Crippen LogP contribution in [0.15, 0.2) is 49.1 Å². The molecule has 0 fully saturated rings. The normalized spacial score (nSPS) is 13.2. The molecule has 2 rings (SSSR count). The minimum atomic E-state index is 0.574. The third-order valence-corrected chi connectivity index (χ3v) is 7.57. The van der Waals surface area contributed by atoms with E-state index in [-0.39, 0.29) is 0 Å². The molecular formula is C32H54N2. The van der Waals surface area contributed by atoms with E-state index in [2.05, 4.69) is 59.9 Å². The van der Waals surface area contributed by atoms with Crippen LogP contribution in [0.3, 0.4) is 0 Å². The zero-order chi connectivity index (χ0) is 24.1. The number of unbranched alkanes of at least 4 members (excludes halogenated alkanes) is 14. The second-order valence-electron chi connectivity index (χ2n) is 10.6. The monoisotopic (exact) mass is 466 g/mol. The largest absolute Gasteiger partial charge is 0.334 e. The third-order valence-electron chi connectivity index (χ3n) is 7.57. The molecule has 0 aliphatic heterocycles. The lowest BCUT2D eigenvalue weighted by Gasteiger charge is -2.29. The van der Waals surface area contributed by atoms with Crippen LogP contribution in [0.4, 0.5) is 0 Å². The van der Waals surface area contributed by atoms with Crippen LogP contribution in [0.5, 0.6) is 0 Å². The minimum absolute atomic E-state index is 0.574. The first-order chi connectivity index (χ1) is 16.8. The molecule has 0 amide bonds. The lowest BCUT2D eigenvalue weighted by Crippen LogP contribution is -2.21. The number of aromatic nitrogens is 2. The molecule has 0 saturated heterocycles. The van der Waals surface area contributed by atoms with Crippen LogP contribution in [0.2, 0.25) is 0 Å². The molecule has 0 aliphatic carbocycles. The van der Waals surface area contributed by atoms with Crippen LogP contribution < -0.4 is 0 Å². The molecule has 2 unspecified atom stereocenters. The standard InChI is InChI=1S/C32H54N2/c1-3-5-7-8-9-10-11-12-13-14-15-16-17-21-24-31(28-30-22-19-18-20-23-30)32(25-6-4-2)34-27-26-33-29-34/h18-20,22-23,26-27,29,31-32H,3-17,21,24-25,28H2,1-2H3. The number of benzene rings is 1. The Hall–Kier alpha value is -1.57. The highest BCUT2D eigenvalue weighted by atomic mass is 15.1. The average Bonchev–Trinajstić information content (AvgIpc) is 3.39. The van der Waals surface area contributed by atoms with Gasteiger partial charge in [-0.1, -0.05) is 147 Å². The van der Waals surface area contributed by atoms with Crippen molar-refractivity contribution < 1.29 is 0 Å². The second-order valence-corrected chi connectivity index (χ2v) is 10.6. The molecule has 0 spiro atoms. The first kappa shape index (κ1) is 28.7. The summed E-state index contributed by atoms with van der Waals surface area (Å²) in [5.74, 6) is 0.695. The summed E-state index contributed by atoms with van der Waals surface area (Å²) >= 11 is 0. The zero-order valence-corrected chi connectivity index (χ0v) is 22.6. The minimum Gasteiger partial charge on any atom is -0.334 e. The van der Waals surface area contributed by atoms with Gasteiger partial charge in [-0.25, -0.2) is 4.98 Å². The second kappa shape index (κ2) is 19.7. The van der Waals surface area contributed by atoms with Gasteiger partial charge in [0.15, 0.2) is 0 Å². The van der Waals surface area contributed by atoms with Gasteiger partial charge in [0.05, 0.1) is 6.33 Å². The summed E-state index contributed by atoms with van der Waals surface area (Å²) in [6.45, 7) is 4.61. The molecule has 1 aromatic heterocycles. The Bertz CT molecular complexity index is 664. The zero-order valence-electron chi connectivity index (χ0n) is 22.6. The van der Waals surface area contributed by atoms with Crippen molar-refractivity contribution in [2.24, 2.45) is 5.92 Å². The van der Waals surface area contributed by atoms with Crippen molar-refractivity contribution >= 4 is 0 Å². The first-order valence-corrected chi connectivity index (χ1v) is 14.9. The molecule has 0 radical (unpaired) electrons. The maximum Gasteiger partial charge on any atom is 0.0948 e. The van der Waals surface area contributed by atoms with Gasteiger partial charge in [0.25, 0.3) is 0 Å². The lowest BCUT2D eigenvalue weighted by molar-refractivity contribution is 0.277. The van der Waals surface area contributed by atoms with E-state index in [9.17, 15) is 0 Å². The predicted molar refractivity (Wildman–Crippen MR) is 149 cm³/mol. The van der Waals surface area contributed by atoms with Gasteiger partial charge >= 0.3 is 0 Å². The highest BCUT2D eigenvalue weighted by molar-refractivity contribution is 5.15. The fourth-order valence-corrected chi connectivity index (χ4v) is 5.46. The maximum atomic E-state index is 4.38. The molecule has 2 heteroatoms. The molecule has 2 nitrogen and oxygen atoms in total. The lowest BCUT2D eigenvalue weighted by atomic mass is 9.84. The van der Waals surface area contributed by atoms with Crippen LogP contribution in [0, 0.1) is 5.92 Å². The SMILES string of the molecule is CCCCCCCCCCCCCCCCC(Cc1ccccc1)C(CCCC)n1ccnc1. The van der Waals surface area contributed by atoms with Gasteiger partial charge in [-0.2, -0.15) is 0 Å². The highest BCUT2D eigenvalue weighted by Crippen LogP contribution is 2.32. The number of imidazole rings is 1. The van der Waals surface area contributed by atoms with E-state index in [0.29, 0.717) is 12.0 Å². The Labute approximate surface area is 212 Å². The van der Waals surface area contributed by atoms with E-state index >= 15 is 0 Å². The van der Waals surface area contributed by atoms with Crippen molar-refractivity contribution in [1.82, 2.24) is 9.55 Å². The Morgan fingerprint density at radius 1 is 0.647 bits per heavy atom. The molecule has 0 N–H and O–H groups in total. The average molecular weight is 467 g/mol. The summed E-state index contributed by atoms with van der Waals surface area (Å²) in [6.07, 6.45) is 32.6. The molecule has 0 bridgehead atoms. The van der Waals surface area contributed by atoms with Crippen LogP contribution in [-0.4, -0.2) is 9.55 Å². The molecule has 2 atom stereocenters. The van der Waals surface area contributed by atoms with Crippen molar-refractivity contribution in [1.29, 1.82) is 0 Å². The molecular weight excluding hydrogens is 412 g/mol. The van der Waals surface area contributed by atoms with E-state index in [1.54, 1.807) is 0 Å². The van der Waals surface area contributed by atoms with Gasteiger partial charge < -0.3 is 4.57 Å². The molecule has 1 aromatic carbocycles. The van der Waals surface area contributed by atoms with Gasteiger partial charge in [0.1, 0.15) is 0 Å². The summed E-state index contributed by atoms with van der Waals surface area (Å²) in [7, 11) is 0. The van der Waals surface area contributed by atoms with Crippen LogP contribution >= 0.6 is 0 Å². The fraction of sp³-hybridized carbons (Fsp3) is 0.719. The Morgan fingerprint density at radius 3 is 1.74 bits per heavy atom. The van der Waals surface area contributed by atoms with Crippen LogP contribution in [-0.2, 0) is 6.42 Å². The Balaban J connectivity index is 1.66.